The summed E-state index contributed by atoms with van der Waals surface area (Å²) >= 11 is 0. The Morgan fingerprint density at radius 2 is 2.12 bits per heavy atom. The number of likely N-dealkylation sites (tertiary alicyclic amines) is 1. The second kappa shape index (κ2) is 6.51. The molecule has 94 valence electrons. The smallest absolute Gasteiger partial charge is 0.309 e. The minimum atomic E-state index is -0.839. The first-order chi connectivity index (χ1) is 7.11. The van der Waals surface area contributed by atoms with Crippen LogP contribution in [0.4, 0.5) is 0 Å². The van der Waals surface area contributed by atoms with Crippen LogP contribution in [0.1, 0.15) is 40.5 Å². The molecule has 0 aliphatic carbocycles. The zero-order valence-corrected chi connectivity index (χ0v) is 9.40. The molecule has 0 aromatic heterocycles. The van der Waals surface area contributed by atoms with Crippen LogP contribution in [0.25, 0.3) is 0 Å². The Bertz CT molecular complexity index is 253. The first-order valence-corrected chi connectivity index (χ1v) is 5.63. The molecule has 0 aromatic carbocycles. The van der Waals surface area contributed by atoms with Crippen molar-refractivity contribution in [2.45, 2.75) is 40.5 Å². The standard InChI is InChI=1S/C11H19NO3.CH4/c1-3-5-6-12-7-9(11(14)15)8(4-2)10(12)13;/h8-9H,3-7H2,1-2H3,(H,14,15);1H4. The second-order valence-electron chi connectivity index (χ2n) is 4.10. The molecule has 0 saturated carbocycles. The van der Waals surface area contributed by atoms with Crippen LogP contribution in [-0.2, 0) is 9.59 Å². The van der Waals surface area contributed by atoms with E-state index in [1.54, 1.807) is 4.90 Å². The van der Waals surface area contributed by atoms with Gasteiger partial charge in [0.25, 0.3) is 0 Å². The van der Waals surface area contributed by atoms with E-state index in [1.807, 2.05) is 6.92 Å². The summed E-state index contributed by atoms with van der Waals surface area (Å²) in [5.74, 6) is -1.62. The number of carbonyl (C=O) groups excluding carboxylic acids is 1. The van der Waals surface area contributed by atoms with Crippen molar-refractivity contribution in [3.05, 3.63) is 0 Å². The van der Waals surface area contributed by atoms with Crippen molar-refractivity contribution >= 4 is 11.9 Å². The fourth-order valence-electron chi connectivity index (χ4n) is 2.12. The Labute approximate surface area is 97.6 Å². The van der Waals surface area contributed by atoms with Crippen LogP contribution in [0.3, 0.4) is 0 Å². The van der Waals surface area contributed by atoms with Crippen molar-refractivity contribution in [2.24, 2.45) is 11.8 Å². The molecule has 1 saturated heterocycles. The molecule has 0 aromatic rings. The second-order valence-corrected chi connectivity index (χ2v) is 4.10. The number of hydrogen-bond donors (Lipinski definition) is 1. The first-order valence-electron chi connectivity index (χ1n) is 5.63. The number of unbranched alkanes of at least 4 members (excludes halogenated alkanes) is 1. The van der Waals surface area contributed by atoms with Gasteiger partial charge in [-0.15, -0.1) is 0 Å². The van der Waals surface area contributed by atoms with Crippen LogP contribution in [0.2, 0.25) is 0 Å². The fraction of sp³-hybridized carbons (Fsp3) is 0.833. The summed E-state index contributed by atoms with van der Waals surface area (Å²) in [6.45, 7) is 5.04. The largest absolute Gasteiger partial charge is 0.481 e. The summed E-state index contributed by atoms with van der Waals surface area (Å²) in [6.07, 6.45) is 2.60. The van der Waals surface area contributed by atoms with E-state index >= 15 is 0 Å². The number of carboxylic acids is 1. The molecule has 4 heteroatoms. The maximum absolute atomic E-state index is 11.8. The van der Waals surface area contributed by atoms with E-state index in [2.05, 4.69) is 6.92 Å². The van der Waals surface area contributed by atoms with Crippen LogP contribution in [-0.4, -0.2) is 35.0 Å². The molecule has 2 unspecified atom stereocenters. The highest BCUT2D eigenvalue weighted by molar-refractivity contribution is 5.88. The topological polar surface area (TPSA) is 57.6 Å². The Morgan fingerprint density at radius 3 is 2.50 bits per heavy atom. The Kier molecular flexibility index (Phi) is 6.08. The average Bonchev–Trinajstić information content (AvgIpc) is 2.52. The molecule has 0 radical (unpaired) electrons. The van der Waals surface area contributed by atoms with Crippen LogP contribution in [0, 0.1) is 11.8 Å². The summed E-state index contributed by atoms with van der Waals surface area (Å²) in [7, 11) is 0. The lowest BCUT2D eigenvalue weighted by Gasteiger charge is -2.15. The van der Waals surface area contributed by atoms with Crippen molar-refractivity contribution in [2.75, 3.05) is 13.1 Å². The molecule has 1 heterocycles. The van der Waals surface area contributed by atoms with Crippen LogP contribution in [0.15, 0.2) is 0 Å². The van der Waals surface area contributed by atoms with Crippen molar-refractivity contribution in [1.29, 1.82) is 0 Å². The minimum absolute atomic E-state index is 0. The van der Waals surface area contributed by atoms with Crippen molar-refractivity contribution < 1.29 is 14.7 Å². The lowest BCUT2D eigenvalue weighted by atomic mass is 9.93. The predicted molar refractivity (Wildman–Crippen MR) is 63.1 cm³/mol. The van der Waals surface area contributed by atoms with E-state index in [0.717, 1.165) is 12.8 Å². The van der Waals surface area contributed by atoms with E-state index in [9.17, 15) is 9.59 Å². The number of carbonyl (C=O) groups is 2. The molecule has 1 amide bonds. The minimum Gasteiger partial charge on any atom is -0.481 e. The SMILES string of the molecule is C.CCCCN1CC(C(=O)O)C(CC)C1=O. The summed E-state index contributed by atoms with van der Waals surface area (Å²) < 4.78 is 0. The van der Waals surface area contributed by atoms with Gasteiger partial charge in [-0.3, -0.25) is 9.59 Å². The third kappa shape index (κ3) is 2.97. The molecule has 1 rings (SSSR count). The molecule has 1 aliphatic rings. The normalized spacial score (nSPS) is 24.4. The Hall–Kier alpha value is -1.06. The molecule has 1 aliphatic heterocycles. The number of nitrogens with zero attached hydrogens (tertiary/aromatic N) is 1. The highest BCUT2D eigenvalue weighted by Gasteiger charge is 2.42. The number of aliphatic carboxylic acids is 1. The summed E-state index contributed by atoms with van der Waals surface area (Å²) in [5, 5.41) is 9.00. The van der Waals surface area contributed by atoms with Crippen LogP contribution < -0.4 is 0 Å². The molecule has 16 heavy (non-hydrogen) atoms. The lowest BCUT2D eigenvalue weighted by molar-refractivity contribution is -0.144. The van der Waals surface area contributed by atoms with Crippen molar-refractivity contribution in [3.8, 4) is 0 Å². The van der Waals surface area contributed by atoms with Crippen molar-refractivity contribution in [3.63, 3.8) is 0 Å². The molecular formula is C12H23NO3. The third-order valence-corrected chi connectivity index (χ3v) is 3.07. The van der Waals surface area contributed by atoms with Gasteiger partial charge in [-0.2, -0.15) is 0 Å². The lowest BCUT2D eigenvalue weighted by Crippen LogP contribution is -2.28. The Morgan fingerprint density at radius 1 is 1.50 bits per heavy atom. The maximum Gasteiger partial charge on any atom is 0.309 e. The molecule has 0 bridgehead atoms. The number of amides is 1. The highest BCUT2D eigenvalue weighted by atomic mass is 16.4. The predicted octanol–water partition coefficient (Wildman–Crippen LogP) is 1.99. The molecule has 1 N–H and O–H groups in total. The number of carboxylic acid groups (broad SMARTS) is 1. The van der Waals surface area contributed by atoms with E-state index in [4.69, 9.17) is 5.11 Å². The highest BCUT2D eigenvalue weighted by Crippen LogP contribution is 2.27. The molecular weight excluding hydrogens is 206 g/mol. The van der Waals surface area contributed by atoms with Gasteiger partial charge in [0, 0.05) is 13.1 Å². The maximum atomic E-state index is 11.8. The average molecular weight is 229 g/mol. The number of rotatable bonds is 5. The van der Waals surface area contributed by atoms with Gasteiger partial charge >= 0.3 is 5.97 Å². The fourth-order valence-corrected chi connectivity index (χ4v) is 2.12. The molecule has 0 spiro atoms. The monoisotopic (exact) mass is 229 g/mol. The van der Waals surface area contributed by atoms with E-state index in [0.29, 0.717) is 19.5 Å². The molecule has 1 fully saturated rings. The number of hydrogen-bond acceptors (Lipinski definition) is 2. The zero-order chi connectivity index (χ0) is 11.4. The van der Waals surface area contributed by atoms with Gasteiger partial charge in [-0.25, -0.2) is 0 Å². The van der Waals surface area contributed by atoms with Gasteiger partial charge in [-0.1, -0.05) is 27.7 Å². The van der Waals surface area contributed by atoms with Crippen LogP contribution >= 0.6 is 0 Å². The Balaban J connectivity index is 0.00000225. The molecule has 2 atom stereocenters. The van der Waals surface area contributed by atoms with E-state index in [1.165, 1.54) is 0 Å². The summed E-state index contributed by atoms with van der Waals surface area (Å²) in [5.41, 5.74) is 0. The van der Waals surface area contributed by atoms with E-state index in [-0.39, 0.29) is 19.3 Å². The van der Waals surface area contributed by atoms with E-state index < -0.39 is 11.9 Å². The van der Waals surface area contributed by atoms with Crippen molar-refractivity contribution in [1.82, 2.24) is 4.90 Å². The summed E-state index contributed by atoms with van der Waals surface area (Å²) in [6, 6.07) is 0. The van der Waals surface area contributed by atoms with Gasteiger partial charge in [-0.05, 0) is 12.8 Å². The first kappa shape index (κ1) is 14.9. The van der Waals surface area contributed by atoms with Gasteiger partial charge in [0.15, 0.2) is 0 Å². The zero-order valence-electron chi connectivity index (χ0n) is 9.40. The third-order valence-electron chi connectivity index (χ3n) is 3.07. The van der Waals surface area contributed by atoms with Gasteiger partial charge in [0.2, 0.25) is 5.91 Å². The quantitative estimate of drug-likeness (QED) is 0.784. The van der Waals surface area contributed by atoms with Gasteiger partial charge in [0.1, 0.15) is 0 Å². The molecule has 4 nitrogen and oxygen atoms in total. The van der Waals surface area contributed by atoms with Gasteiger partial charge < -0.3 is 10.0 Å². The van der Waals surface area contributed by atoms with Gasteiger partial charge in [0.05, 0.1) is 11.8 Å². The summed E-state index contributed by atoms with van der Waals surface area (Å²) in [4.78, 5) is 24.5. The van der Waals surface area contributed by atoms with Crippen LogP contribution in [0.5, 0.6) is 0 Å².